The number of hydrogen-bond acceptors (Lipinski definition) is 6. The lowest BCUT2D eigenvalue weighted by Crippen LogP contribution is -2.56. The third-order valence-corrected chi connectivity index (χ3v) is 5.68. The van der Waals surface area contributed by atoms with E-state index in [2.05, 4.69) is 25.6 Å². The Morgan fingerprint density at radius 1 is 1.03 bits per heavy atom. The summed E-state index contributed by atoms with van der Waals surface area (Å²) in [6.07, 6.45) is 6.10. The molecule has 8 nitrogen and oxygen atoms in total. The molecule has 1 aromatic carbocycles. The lowest BCUT2D eigenvalue weighted by atomic mass is 10.1. The molecule has 1 saturated heterocycles. The molecule has 1 fully saturated rings. The van der Waals surface area contributed by atoms with Crippen molar-refractivity contribution in [2.24, 2.45) is 0 Å². The predicted molar refractivity (Wildman–Crippen MR) is 134 cm³/mol. The summed E-state index contributed by atoms with van der Waals surface area (Å²) in [7, 11) is 0. The van der Waals surface area contributed by atoms with E-state index in [1.807, 2.05) is 31.2 Å². The van der Waals surface area contributed by atoms with E-state index in [4.69, 9.17) is 26.7 Å². The zero-order chi connectivity index (χ0) is 24.3. The Kier molecular flexibility index (Phi) is 6.49. The Labute approximate surface area is 207 Å². The molecule has 0 aliphatic carbocycles. The zero-order valence-electron chi connectivity index (χ0n) is 18.9. The maximum absolute atomic E-state index is 13.5. The number of ether oxygens (including phenoxy) is 2. The number of nitrogens with one attached hydrogen (secondary N) is 3. The van der Waals surface area contributed by atoms with Crippen LogP contribution in [0.1, 0.15) is 19.0 Å². The minimum Gasteiger partial charge on any atom is -0.353 e. The minimum absolute atomic E-state index is 0.309. The van der Waals surface area contributed by atoms with Crippen LogP contribution in [0.25, 0.3) is 22.5 Å². The summed E-state index contributed by atoms with van der Waals surface area (Å²) in [5.74, 6) is 0.214. The summed E-state index contributed by atoms with van der Waals surface area (Å²) < 4.78 is 25.6. The van der Waals surface area contributed by atoms with Crippen molar-refractivity contribution in [3.63, 3.8) is 0 Å². The summed E-state index contributed by atoms with van der Waals surface area (Å²) in [6, 6.07) is 13.7. The Morgan fingerprint density at radius 2 is 1.77 bits per heavy atom. The van der Waals surface area contributed by atoms with E-state index in [-0.39, 0.29) is 5.82 Å². The van der Waals surface area contributed by atoms with E-state index in [0.717, 1.165) is 22.5 Å². The molecule has 10 heteroatoms. The van der Waals surface area contributed by atoms with E-state index >= 15 is 0 Å². The first-order valence-corrected chi connectivity index (χ1v) is 11.4. The van der Waals surface area contributed by atoms with Gasteiger partial charge in [0.2, 0.25) is 6.29 Å². The van der Waals surface area contributed by atoms with Gasteiger partial charge in [0, 0.05) is 29.7 Å². The van der Waals surface area contributed by atoms with Crippen molar-refractivity contribution in [2.75, 3.05) is 18.5 Å². The number of halogens is 1. The second kappa shape index (κ2) is 9.87. The van der Waals surface area contributed by atoms with Crippen LogP contribution in [0.4, 0.5) is 10.1 Å². The van der Waals surface area contributed by atoms with Gasteiger partial charge in [0.05, 0.1) is 42.0 Å². The van der Waals surface area contributed by atoms with E-state index in [1.165, 1.54) is 12.1 Å². The van der Waals surface area contributed by atoms with E-state index in [9.17, 15) is 4.39 Å². The Hall–Kier alpha value is -3.73. The summed E-state index contributed by atoms with van der Waals surface area (Å²) in [5, 5.41) is 6.81. The lowest BCUT2D eigenvalue weighted by molar-refractivity contribution is -0.215. The first kappa shape index (κ1) is 23.0. The van der Waals surface area contributed by atoms with Crippen LogP contribution in [0.5, 0.6) is 0 Å². The highest BCUT2D eigenvalue weighted by atomic mass is 32.1. The summed E-state index contributed by atoms with van der Waals surface area (Å²) >= 11 is 5.44. The van der Waals surface area contributed by atoms with Crippen molar-refractivity contribution >= 4 is 23.0 Å². The van der Waals surface area contributed by atoms with Crippen LogP contribution in [0.15, 0.2) is 73.3 Å². The van der Waals surface area contributed by atoms with Gasteiger partial charge in [-0.1, -0.05) is 0 Å². The lowest BCUT2D eigenvalue weighted by Gasteiger charge is -2.38. The number of anilines is 1. The molecule has 35 heavy (non-hydrogen) atoms. The number of aromatic nitrogens is 4. The summed E-state index contributed by atoms with van der Waals surface area (Å²) in [6.45, 7) is 2.64. The molecular weight excluding hydrogens is 467 g/mol. The fourth-order valence-electron chi connectivity index (χ4n) is 3.76. The number of benzene rings is 1. The predicted octanol–water partition coefficient (Wildman–Crippen LogP) is 4.46. The number of rotatable bonds is 5. The molecule has 0 unspecified atom stereocenters. The van der Waals surface area contributed by atoms with Crippen molar-refractivity contribution in [2.45, 2.75) is 18.8 Å². The number of aromatic amines is 1. The molecule has 3 aromatic heterocycles. The average molecular weight is 491 g/mol. The van der Waals surface area contributed by atoms with Gasteiger partial charge in [-0.3, -0.25) is 9.97 Å². The van der Waals surface area contributed by atoms with Crippen molar-refractivity contribution in [3.05, 3.63) is 85.0 Å². The van der Waals surface area contributed by atoms with Gasteiger partial charge in [-0.15, -0.1) is 0 Å². The molecule has 1 aliphatic heterocycles. The van der Waals surface area contributed by atoms with Gasteiger partial charge in [-0.05, 0) is 67.7 Å². The molecule has 0 spiro atoms. The summed E-state index contributed by atoms with van der Waals surface area (Å²) in [5.41, 5.74) is 3.36. The second-order valence-electron chi connectivity index (χ2n) is 8.42. The van der Waals surface area contributed by atoms with Gasteiger partial charge in [0.15, 0.2) is 10.9 Å². The van der Waals surface area contributed by atoms with Crippen LogP contribution in [-0.2, 0) is 9.47 Å². The van der Waals surface area contributed by atoms with Crippen LogP contribution >= 0.6 is 12.2 Å². The molecule has 1 aliphatic rings. The van der Waals surface area contributed by atoms with Gasteiger partial charge in [0.25, 0.3) is 0 Å². The SMILES string of the molecule is CC1(NC(=S)Nc2cccnc2)COC(c2nc(-c3ccc(F)cc3)c(-c3ccncc3)[nH]2)OC1. The molecule has 3 N–H and O–H groups in total. The largest absolute Gasteiger partial charge is 0.353 e. The maximum atomic E-state index is 13.5. The van der Waals surface area contributed by atoms with Gasteiger partial charge in [-0.25, -0.2) is 9.37 Å². The van der Waals surface area contributed by atoms with Crippen molar-refractivity contribution < 1.29 is 13.9 Å². The zero-order valence-corrected chi connectivity index (χ0v) is 19.7. The maximum Gasteiger partial charge on any atom is 0.217 e. The third kappa shape index (κ3) is 5.35. The smallest absolute Gasteiger partial charge is 0.217 e. The topological polar surface area (TPSA) is 97.0 Å². The number of pyridine rings is 2. The van der Waals surface area contributed by atoms with Crippen LogP contribution in [0.2, 0.25) is 0 Å². The second-order valence-corrected chi connectivity index (χ2v) is 8.83. The molecule has 0 atom stereocenters. The van der Waals surface area contributed by atoms with Gasteiger partial charge < -0.3 is 25.1 Å². The molecule has 0 radical (unpaired) electrons. The molecule has 5 rings (SSSR count). The Balaban J connectivity index is 1.32. The van der Waals surface area contributed by atoms with Crippen LogP contribution in [0.3, 0.4) is 0 Å². The van der Waals surface area contributed by atoms with E-state index < -0.39 is 11.8 Å². The molecule has 178 valence electrons. The highest BCUT2D eigenvalue weighted by Gasteiger charge is 2.35. The molecule has 0 saturated carbocycles. The number of imidazole rings is 1. The normalized spacial score (nSPS) is 19.8. The van der Waals surface area contributed by atoms with E-state index in [1.54, 1.807) is 36.9 Å². The van der Waals surface area contributed by atoms with Crippen molar-refractivity contribution in [1.29, 1.82) is 0 Å². The number of H-pyrrole nitrogens is 1. The average Bonchev–Trinajstić information content (AvgIpc) is 3.31. The molecule has 0 amide bonds. The van der Waals surface area contributed by atoms with Gasteiger partial charge in [-0.2, -0.15) is 0 Å². The number of thiocarbonyl (C=S) groups is 1. The van der Waals surface area contributed by atoms with E-state index in [0.29, 0.717) is 29.8 Å². The highest BCUT2D eigenvalue weighted by Crippen LogP contribution is 2.34. The fourth-order valence-corrected chi connectivity index (χ4v) is 4.12. The Bertz CT molecular complexity index is 1290. The fraction of sp³-hybridized carbons (Fsp3) is 0.200. The molecule has 0 bridgehead atoms. The first-order valence-electron chi connectivity index (χ1n) is 11.0. The molecule has 4 heterocycles. The molecular formula is C25H23FN6O2S. The van der Waals surface area contributed by atoms with Gasteiger partial charge >= 0.3 is 0 Å². The standard InChI is InChI=1S/C25H23FN6O2S/c1-25(32-24(35)29-19-3-2-10-28-13-19)14-33-23(34-15-25)22-30-20(16-4-6-18(26)7-5-16)21(31-22)17-8-11-27-12-9-17/h2-13,23H,14-15H2,1H3,(H,30,31)(H2,29,32,35). The van der Waals surface area contributed by atoms with Gasteiger partial charge in [0.1, 0.15) is 5.82 Å². The van der Waals surface area contributed by atoms with Crippen LogP contribution in [-0.4, -0.2) is 43.8 Å². The first-order chi connectivity index (χ1) is 17.0. The Morgan fingerprint density at radius 3 is 2.46 bits per heavy atom. The monoisotopic (exact) mass is 490 g/mol. The quantitative estimate of drug-likeness (QED) is 0.353. The van der Waals surface area contributed by atoms with Crippen molar-refractivity contribution in [1.82, 2.24) is 25.3 Å². The third-order valence-electron chi connectivity index (χ3n) is 5.47. The van der Waals surface area contributed by atoms with Crippen molar-refractivity contribution in [3.8, 4) is 22.5 Å². The highest BCUT2D eigenvalue weighted by molar-refractivity contribution is 7.80. The minimum atomic E-state index is -0.695. The number of hydrogen-bond donors (Lipinski definition) is 3. The summed E-state index contributed by atoms with van der Waals surface area (Å²) in [4.78, 5) is 16.3. The van der Waals surface area contributed by atoms with Crippen LogP contribution in [0, 0.1) is 5.82 Å². The van der Waals surface area contributed by atoms with Crippen LogP contribution < -0.4 is 10.6 Å². The molecule has 4 aromatic rings. The number of nitrogens with zero attached hydrogens (tertiary/aromatic N) is 3.